The average Bonchev–Trinajstić information content (AvgIpc) is 2.70. The summed E-state index contributed by atoms with van der Waals surface area (Å²) in [6.07, 6.45) is 0.422. The van der Waals surface area contributed by atoms with Gasteiger partial charge < -0.3 is 35.8 Å². The van der Waals surface area contributed by atoms with Gasteiger partial charge in [0.2, 0.25) is 0 Å². The van der Waals surface area contributed by atoms with Crippen molar-refractivity contribution >= 4 is 50.0 Å². The maximum Gasteiger partial charge on any atom is 0.508 e. The van der Waals surface area contributed by atoms with E-state index in [1.54, 1.807) is 6.92 Å². The molecule has 0 aliphatic rings. The van der Waals surface area contributed by atoms with Crippen molar-refractivity contribution in [3.8, 4) is 11.8 Å². The van der Waals surface area contributed by atoms with Crippen molar-refractivity contribution < 1.29 is 56.2 Å². The minimum absolute atomic E-state index is 0.0448. The van der Waals surface area contributed by atoms with Gasteiger partial charge >= 0.3 is 29.2 Å². The first kappa shape index (κ1) is 35.3. The molecule has 1 aromatic rings. The highest BCUT2D eigenvalue weighted by Gasteiger charge is 2.41. The van der Waals surface area contributed by atoms with Crippen LogP contribution in [0.4, 0.5) is 5.82 Å². The van der Waals surface area contributed by atoms with Gasteiger partial charge in [0.25, 0.3) is 0 Å². The molecule has 0 aliphatic heterocycles. The second kappa shape index (κ2) is 14.2. The van der Waals surface area contributed by atoms with Crippen LogP contribution in [0.25, 0.3) is 0 Å². The topological polar surface area (TPSA) is 265 Å². The predicted octanol–water partition coefficient (Wildman–Crippen LogP) is 1.35. The minimum Gasteiger partial charge on any atom is -0.382 e. The number of phosphoric acid groups is 3. The van der Waals surface area contributed by atoms with Crippen molar-refractivity contribution in [2.24, 2.45) is 5.73 Å². The smallest absolute Gasteiger partial charge is 0.382 e. The van der Waals surface area contributed by atoms with Crippen molar-refractivity contribution in [2.45, 2.75) is 43.9 Å². The van der Waals surface area contributed by atoms with E-state index in [1.165, 1.54) is 28.7 Å². The number of nitrogen functional groups attached to an aromatic ring is 1. The molecule has 0 saturated heterocycles. The Bertz CT molecular complexity index is 1230. The lowest BCUT2D eigenvalue weighted by molar-refractivity contribution is -0.202. The number of hydrogen-bond acceptors (Lipinski definition) is 13. The van der Waals surface area contributed by atoms with Crippen LogP contribution in [0.5, 0.6) is 0 Å². The zero-order chi connectivity index (χ0) is 29.5. The number of nitrogens with zero attached hydrogens (tertiary/aromatic N) is 2. The van der Waals surface area contributed by atoms with Gasteiger partial charge in [0.05, 0.1) is 12.1 Å². The summed E-state index contributed by atoms with van der Waals surface area (Å²) in [6, 6.07) is 0. The monoisotopic (exact) mass is 644 g/mol. The number of hydrogen-bond donors (Lipinski definition) is 7. The Hall–Kier alpha value is -0.770. The van der Waals surface area contributed by atoms with Crippen LogP contribution in [0.2, 0.25) is 0 Å². The molecule has 17 nitrogen and oxygen atoms in total. The molecule has 0 bridgehead atoms. The largest absolute Gasteiger partial charge is 0.508 e. The van der Waals surface area contributed by atoms with Crippen molar-refractivity contribution in [2.75, 3.05) is 25.3 Å². The molecule has 1 heterocycles. The van der Waals surface area contributed by atoms with Crippen molar-refractivity contribution in [1.82, 2.24) is 9.55 Å². The summed E-state index contributed by atoms with van der Waals surface area (Å²) in [7, 11) is -15.5. The molecule has 0 radical (unpaired) electrons. The van der Waals surface area contributed by atoms with Crippen LogP contribution >= 0.6 is 44.2 Å². The van der Waals surface area contributed by atoms with E-state index >= 15 is 0 Å². The number of aromatic nitrogens is 2. The highest BCUT2D eigenvalue weighted by Crippen LogP contribution is 2.66. The Morgan fingerprint density at radius 3 is 2.29 bits per heavy atom. The molecule has 4 unspecified atom stereocenters. The van der Waals surface area contributed by atoms with E-state index in [-0.39, 0.29) is 22.7 Å². The Morgan fingerprint density at radius 1 is 1.18 bits per heavy atom. The summed E-state index contributed by atoms with van der Waals surface area (Å²) in [5.41, 5.74) is 10.7. The van der Waals surface area contributed by atoms with Gasteiger partial charge in [-0.1, -0.05) is 32.6 Å². The fourth-order valence-electron chi connectivity index (χ4n) is 2.61. The fourth-order valence-corrected chi connectivity index (χ4v) is 10.6. The number of anilines is 1. The summed E-state index contributed by atoms with van der Waals surface area (Å²) in [6.45, 7) is 7.38. The van der Waals surface area contributed by atoms with Crippen molar-refractivity contribution in [3.05, 3.63) is 22.2 Å². The zero-order valence-corrected chi connectivity index (χ0v) is 25.2. The van der Waals surface area contributed by atoms with E-state index in [4.69, 9.17) is 30.9 Å². The van der Waals surface area contributed by atoms with E-state index in [0.29, 0.717) is 0 Å². The second-order valence-corrected chi connectivity index (χ2v) is 17.7. The molecule has 1 rings (SSSR count). The summed E-state index contributed by atoms with van der Waals surface area (Å²) in [5.74, 6) is 4.84. The quantitative estimate of drug-likeness (QED) is 0.0399. The standard InChI is InChI=1S/C16H31N4O13P3S2/c1-11(14(29-5)20-9-12(7-6-8-17)13(18)19-15(20)21)38(37-16(2,3)4)10-30-31-35(25,26)33-36(27,28)32-34(22,23)24/h9,11,14,38H,8,10,17H2,1-5H3,(H,25,26)(H,27,28)(H2,18,19,21)(H2,22,23,24)/t11?,14-/m1/s1. The van der Waals surface area contributed by atoms with E-state index in [9.17, 15) is 28.3 Å². The molecule has 1 aromatic heterocycles. The lowest BCUT2D eigenvalue weighted by Gasteiger charge is -2.36. The highest BCUT2D eigenvalue weighted by atomic mass is 33.1. The zero-order valence-electron chi connectivity index (χ0n) is 20.9. The molecule has 0 spiro atoms. The minimum atomic E-state index is -5.71. The number of nitrogens with two attached hydrogens (primary N) is 2. The van der Waals surface area contributed by atoms with Gasteiger partial charge in [-0.25, -0.2) is 23.4 Å². The van der Waals surface area contributed by atoms with Gasteiger partial charge in [-0.05, 0) is 6.92 Å². The number of thiol groups is 1. The van der Waals surface area contributed by atoms with Crippen LogP contribution < -0.4 is 17.2 Å². The Balaban J connectivity index is 3.17. The molecule has 0 amide bonds. The number of rotatable bonds is 13. The van der Waals surface area contributed by atoms with Gasteiger partial charge in [-0.3, -0.25) is 4.57 Å². The van der Waals surface area contributed by atoms with E-state index < -0.39 is 56.5 Å². The van der Waals surface area contributed by atoms with Crippen molar-refractivity contribution in [3.63, 3.8) is 0 Å². The maximum absolute atomic E-state index is 12.6. The fraction of sp³-hybridized carbons (Fsp3) is 0.625. The third-order valence-corrected chi connectivity index (χ3v) is 13.4. The van der Waals surface area contributed by atoms with Crippen LogP contribution in [0.3, 0.4) is 0 Å². The summed E-state index contributed by atoms with van der Waals surface area (Å²) < 4.78 is 52.1. The summed E-state index contributed by atoms with van der Waals surface area (Å²) >= 11 is 0. The number of methoxy groups -OCH3 is 1. The molecule has 8 N–H and O–H groups in total. The Morgan fingerprint density at radius 2 is 1.79 bits per heavy atom. The average molecular weight is 644 g/mol. The van der Waals surface area contributed by atoms with Gasteiger partial charge in [-0.15, -0.1) is 15.5 Å². The molecule has 0 saturated carbocycles. The molecule has 0 aliphatic carbocycles. The third-order valence-electron chi connectivity index (χ3n) is 3.82. The first-order chi connectivity index (χ1) is 17.2. The normalized spacial score (nSPS) is 18.4. The second-order valence-electron chi connectivity index (χ2n) is 8.14. The summed E-state index contributed by atoms with van der Waals surface area (Å²) in [5, 5.41) is -0.526. The van der Waals surface area contributed by atoms with Gasteiger partial charge in [0, 0.05) is 23.3 Å². The van der Waals surface area contributed by atoms with Gasteiger partial charge in [-0.2, -0.15) is 23.5 Å². The molecule has 5 atom stereocenters. The van der Waals surface area contributed by atoms with Crippen molar-refractivity contribution in [1.29, 1.82) is 0 Å². The SMILES string of the molecule is CO[C@H](C(C)[SH](COOP(=O)(O)OP(=O)(O)OP(=O)(O)O)SC(C)(C)C)n1cc(C#CCN)c(N)nc1=O. The molecule has 22 heteroatoms. The summed E-state index contributed by atoms with van der Waals surface area (Å²) in [4.78, 5) is 57.3. The lowest BCUT2D eigenvalue weighted by atomic mass is 10.3. The van der Waals surface area contributed by atoms with Gasteiger partial charge in [0.15, 0.2) is 0 Å². The van der Waals surface area contributed by atoms with Crippen LogP contribution in [-0.2, 0) is 36.6 Å². The molecular weight excluding hydrogens is 613 g/mol. The first-order valence-corrected chi connectivity index (χ1v) is 17.8. The van der Waals surface area contributed by atoms with Crippen LogP contribution in [0, 0.1) is 11.8 Å². The molecular formula is C16H31N4O13P3S2. The number of ether oxygens (including phenoxy) is 1. The van der Waals surface area contributed by atoms with Crippen LogP contribution in [0.1, 0.15) is 39.5 Å². The van der Waals surface area contributed by atoms with Crippen LogP contribution in [0.15, 0.2) is 11.0 Å². The van der Waals surface area contributed by atoms with E-state index in [0.717, 1.165) is 0 Å². The van der Waals surface area contributed by atoms with E-state index in [2.05, 4.69) is 30.1 Å². The molecule has 0 fully saturated rings. The molecule has 38 heavy (non-hydrogen) atoms. The molecule has 0 aromatic carbocycles. The first-order valence-electron chi connectivity index (χ1n) is 10.2. The van der Waals surface area contributed by atoms with Gasteiger partial charge in [0.1, 0.15) is 18.0 Å². The Labute approximate surface area is 224 Å². The molecule has 220 valence electrons. The van der Waals surface area contributed by atoms with E-state index in [1.807, 2.05) is 20.8 Å². The van der Waals surface area contributed by atoms with Crippen LogP contribution in [-0.4, -0.2) is 58.7 Å². The predicted molar refractivity (Wildman–Crippen MR) is 142 cm³/mol. The third kappa shape index (κ3) is 12.6. The maximum atomic E-state index is 12.6. The highest BCUT2D eigenvalue weighted by molar-refractivity contribution is 8.85. The Kier molecular flexibility index (Phi) is 13.2. The lowest BCUT2D eigenvalue weighted by Crippen LogP contribution is -2.35.